The van der Waals surface area contributed by atoms with Crippen LogP contribution in [-0.2, 0) is 14.4 Å². The predicted octanol–water partition coefficient (Wildman–Crippen LogP) is 3.32. The molecule has 0 aromatic rings. The second-order valence-electron chi connectivity index (χ2n) is 10.8. The lowest BCUT2D eigenvalue weighted by atomic mass is 9.70. The van der Waals surface area contributed by atoms with Gasteiger partial charge in [0.1, 0.15) is 6.04 Å². The van der Waals surface area contributed by atoms with E-state index in [-0.39, 0.29) is 46.4 Å². The lowest BCUT2D eigenvalue weighted by molar-refractivity contribution is -0.148. The minimum absolute atomic E-state index is 0.0143. The quantitative estimate of drug-likeness (QED) is 0.281. The van der Waals surface area contributed by atoms with Crippen LogP contribution in [0.4, 0.5) is 0 Å². The van der Waals surface area contributed by atoms with Crippen molar-refractivity contribution < 1.29 is 19.5 Å². The summed E-state index contributed by atoms with van der Waals surface area (Å²) in [6.07, 6.45) is 5.81. The first-order valence-electron chi connectivity index (χ1n) is 13.0. The monoisotopic (exact) mass is 583 g/mol. The molecular formula is C27H42BrN3O4S. The highest BCUT2D eigenvalue weighted by Gasteiger charge is 2.76. The Kier molecular flexibility index (Phi) is 9.42. The van der Waals surface area contributed by atoms with Gasteiger partial charge in [-0.2, -0.15) is 0 Å². The number of aliphatic hydroxyl groups excluding tert-OH is 1. The molecule has 202 valence electrons. The average Bonchev–Trinajstić information content (AvgIpc) is 3.41. The smallest absolute Gasteiger partial charge is 0.247 e. The molecule has 0 radical (unpaired) electrons. The van der Waals surface area contributed by atoms with Crippen molar-refractivity contribution >= 4 is 45.4 Å². The topological polar surface area (TPSA) is 81.2 Å². The van der Waals surface area contributed by atoms with E-state index in [4.69, 9.17) is 0 Å². The van der Waals surface area contributed by atoms with Gasteiger partial charge < -0.3 is 19.8 Å². The minimum Gasteiger partial charge on any atom is -0.394 e. The number of carbonyl (C=O) groups is 3. The summed E-state index contributed by atoms with van der Waals surface area (Å²) in [6.45, 7) is 16.2. The van der Waals surface area contributed by atoms with Gasteiger partial charge in [0.2, 0.25) is 17.7 Å². The Morgan fingerprint density at radius 3 is 2.42 bits per heavy atom. The van der Waals surface area contributed by atoms with Gasteiger partial charge in [-0.15, -0.1) is 24.9 Å². The second-order valence-corrected chi connectivity index (χ2v) is 13.5. The van der Waals surface area contributed by atoms with Crippen LogP contribution in [-0.4, -0.2) is 97.2 Å². The van der Waals surface area contributed by atoms with E-state index in [0.29, 0.717) is 19.5 Å². The third kappa shape index (κ3) is 4.68. The number of carbonyl (C=O) groups excluding carboxylic acids is 3. The molecule has 8 atom stereocenters. The summed E-state index contributed by atoms with van der Waals surface area (Å²) in [4.78, 5) is 47.5. The molecule has 0 aliphatic carbocycles. The van der Waals surface area contributed by atoms with Crippen LogP contribution in [0.3, 0.4) is 0 Å². The van der Waals surface area contributed by atoms with Gasteiger partial charge in [0.25, 0.3) is 0 Å². The fourth-order valence-corrected chi connectivity index (χ4v) is 10.1. The highest BCUT2D eigenvalue weighted by atomic mass is 79.9. The molecule has 36 heavy (non-hydrogen) atoms. The maximum Gasteiger partial charge on any atom is 0.247 e. The normalized spacial score (nSPS) is 32.4. The number of hydrogen-bond acceptors (Lipinski definition) is 5. The zero-order chi connectivity index (χ0) is 26.9. The fraction of sp³-hybridized carbons (Fsp3) is 0.741. The molecule has 3 fully saturated rings. The standard InChI is InChI=1S/C27H42BrN3O4S/c1-8-11-17(6)30(13-10-3)26(35)23-27-14-18(28)22(36-27)20(24(33)29(7)12-9-2)21(27)25(34)31(23)19(15-32)16(4)5/h9-10,16-23,32H,2-3,8,11-15H2,1,4-7H3/t17?,18?,19-,20-,21-,22-,23?,27?/m0/s1. The minimum atomic E-state index is -0.744. The summed E-state index contributed by atoms with van der Waals surface area (Å²) in [6, 6.07) is -1.26. The first-order valence-corrected chi connectivity index (χ1v) is 14.8. The maximum atomic E-state index is 14.5. The lowest BCUT2D eigenvalue weighted by Crippen LogP contribution is -2.60. The van der Waals surface area contributed by atoms with E-state index in [2.05, 4.69) is 36.0 Å². The average molecular weight is 585 g/mol. The second kappa shape index (κ2) is 11.6. The van der Waals surface area contributed by atoms with E-state index >= 15 is 0 Å². The van der Waals surface area contributed by atoms with Gasteiger partial charge in [-0.25, -0.2) is 0 Å². The molecule has 3 saturated heterocycles. The third-order valence-electron chi connectivity index (χ3n) is 8.19. The molecule has 0 saturated carbocycles. The van der Waals surface area contributed by atoms with Crippen molar-refractivity contribution in [2.45, 2.75) is 79.9 Å². The zero-order valence-electron chi connectivity index (χ0n) is 22.2. The number of nitrogens with zero attached hydrogens (tertiary/aromatic N) is 3. The van der Waals surface area contributed by atoms with Gasteiger partial charge in [0.05, 0.1) is 29.2 Å². The molecule has 3 heterocycles. The molecule has 3 rings (SSSR count). The number of rotatable bonds is 12. The molecule has 0 aromatic carbocycles. The van der Waals surface area contributed by atoms with E-state index in [1.807, 2.05) is 25.7 Å². The summed E-state index contributed by atoms with van der Waals surface area (Å²) in [5, 5.41) is 10.3. The van der Waals surface area contributed by atoms with Gasteiger partial charge >= 0.3 is 0 Å². The van der Waals surface area contributed by atoms with Crippen LogP contribution in [0, 0.1) is 17.8 Å². The van der Waals surface area contributed by atoms with Crippen LogP contribution in [0.5, 0.6) is 0 Å². The number of amides is 3. The van der Waals surface area contributed by atoms with Crippen molar-refractivity contribution in [1.29, 1.82) is 0 Å². The number of likely N-dealkylation sites (N-methyl/N-ethyl adjacent to an activating group) is 1. The Morgan fingerprint density at radius 2 is 1.89 bits per heavy atom. The number of aliphatic hydroxyl groups is 1. The van der Waals surface area contributed by atoms with E-state index in [1.165, 1.54) is 0 Å². The van der Waals surface area contributed by atoms with Crippen LogP contribution in [0.25, 0.3) is 0 Å². The van der Waals surface area contributed by atoms with Crippen molar-refractivity contribution in [1.82, 2.24) is 14.7 Å². The first-order chi connectivity index (χ1) is 17.0. The summed E-state index contributed by atoms with van der Waals surface area (Å²) in [5.41, 5.74) is 0. The summed E-state index contributed by atoms with van der Waals surface area (Å²) in [7, 11) is 1.74. The van der Waals surface area contributed by atoms with E-state index in [9.17, 15) is 19.5 Å². The number of likely N-dealkylation sites (tertiary alicyclic amines) is 1. The van der Waals surface area contributed by atoms with Gasteiger partial charge in [-0.3, -0.25) is 14.4 Å². The summed E-state index contributed by atoms with van der Waals surface area (Å²) in [5.74, 6) is -1.55. The van der Waals surface area contributed by atoms with Gasteiger partial charge in [0, 0.05) is 36.3 Å². The van der Waals surface area contributed by atoms with Crippen molar-refractivity contribution in [3.8, 4) is 0 Å². The highest BCUT2D eigenvalue weighted by Crippen LogP contribution is 2.68. The highest BCUT2D eigenvalue weighted by molar-refractivity contribution is 9.09. The number of hydrogen-bond donors (Lipinski definition) is 1. The molecule has 4 unspecified atom stereocenters. The first kappa shape index (κ1) is 29.2. The number of fused-ring (bicyclic) bond motifs is 1. The largest absolute Gasteiger partial charge is 0.394 e. The Morgan fingerprint density at radius 1 is 1.25 bits per heavy atom. The Bertz CT molecular complexity index is 885. The number of thioether (sulfide) groups is 1. The molecule has 1 spiro atoms. The summed E-state index contributed by atoms with van der Waals surface area (Å²) >= 11 is 5.45. The SMILES string of the molecule is C=CCN(C)C(=O)[C@H]1[C@H]2C(=O)N([C@@H](CO)C(C)C)C(C(=O)N(CC=C)C(C)CCC)C23CC(Br)[C@@H]1S3. The van der Waals surface area contributed by atoms with Crippen molar-refractivity contribution in [3.63, 3.8) is 0 Å². The maximum absolute atomic E-state index is 14.5. The lowest BCUT2D eigenvalue weighted by Gasteiger charge is -2.42. The van der Waals surface area contributed by atoms with Crippen LogP contribution in [0.2, 0.25) is 0 Å². The zero-order valence-corrected chi connectivity index (χ0v) is 24.6. The van der Waals surface area contributed by atoms with E-state index in [1.54, 1.807) is 40.8 Å². The van der Waals surface area contributed by atoms with Crippen LogP contribution in [0.1, 0.15) is 47.0 Å². The molecule has 3 aliphatic rings. The third-order valence-corrected chi connectivity index (χ3v) is 11.4. The molecule has 3 amide bonds. The van der Waals surface area contributed by atoms with Gasteiger partial charge in [-0.05, 0) is 25.7 Å². The van der Waals surface area contributed by atoms with Crippen LogP contribution < -0.4 is 0 Å². The molecule has 3 aliphatic heterocycles. The summed E-state index contributed by atoms with van der Waals surface area (Å²) < 4.78 is -0.726. The molecule has 9 heteroatoms. The Labute approximate surface area is 228 Å². The number of alkyl halides is 1. The Balaban J connectivity index is 2.15. The molecule has 0 aromatic heterocycles. The molecular weight excluding hydrogens is 542 g/mol. The Hall–Kier alpha value is -1.32. The number of halogens is 1. The molecule has 1 N–H and O–H groups in total. The van der Waals surface area contributed by atoms with Gasteiger partial charge in [-0.1, -0.05) is 55.3 Å². The predicted molar refractivity (Wildman–Crippen MR) is 149 cm³/mol. The van der Waals surface area contributed by atoms with Crippen LogP contribution >= 0.6 is 27.7 Å². The molecule has 7 nitrogen and oxygen atoms in total. The van der Waals surface area contributed by atoms with Crippen molar-refractivity contribution in [2.24, 2.45) is 17.8 Å². The van der Waals surface area contributed by atoms with E-state index in [0.717, 1.165) is 12.8 Å². The molecule has 2 bridgehead atoms. The van der Waals surface area contributed by atoms with Gasteiger partial charge in [0.15, 0.2) is 0 Å². The van der Waals surface area contributed by atoms with E-state index < -0.39 is 28.7 Å². The van der Waals surface area contributed by atoms with Crippen molar-refractivity contribution in [3.05, 3.63) is 25.3 Å². The van der Waals surface area contributed by atoms with Crippen LogP contribution in [0.15, 0.2) is 25.3 Å². The fourth-order valence-electron chi connectivity index (χ4n) is 6.50. The van der Waals surface area contributed by atoms with Crippen molar-refractivity contribution in [2.75, 3.05) is 26.7 Å².